The number of anilines is 2. The number of benzene rings is 1. The van der Waals surface area contributed by atoms with Gasteiger partial charge in [0, 0.05) is 18.7 Å². The van der Waals surface area contributed by atoms with Crippen LogP contribution in [-0.4, -0.2) is 16.0 Å². The summed E-state index contributed by atoms with van der Waals surface area (Å²) < 4.78 is 52.4. The van der Waals surface area contributed by atoms with Crippen molar-refractivity contribution in [3.8, 4) is 0 Å². The van der Waals surface area contributed by atoms with Crippen LogP contribution in [-0.2, 0) is 12.7 Å². The van der Waals surface area contributed by atoms with Gasteiger partial charge in [0.15, 0.2) is 5.69 Å². The van der Waals surface area contributed by atoms with Crippen LogP contribution in [0.3, 0.4) is 0 Å². The highest BCUT2D eigenvalue weighted by atomic mass is 19.4. The van der Waals surface area contributed by atoms with E-state index in [4.69, 9.17) is 0 Å². The number of aromatic nitrogens is 2. The normalized spacial score (nSPS) is 15.7. The van der Waals surface area contributed by atoms with Gasteiger partial charge in [-0.3, -0.25) is 0 Å². The molecule has 1 aromatic heterocycles. The zero-order valence-electron chi connectivity index (χ0n) is 14.1. The zero-order valence-corrected chi connectivity index (χ0v) is 14.1. The van der Waals surface area contributed by atoms with Crippen LogP contribution in [0.4, 0.5) is 29.3 Å². The maximum Gasteiger partial charge on any atom is 0.433 e. The molecule has 1 aromatic carbocycles. The number of nitrogens with one attached hydrogen (secondary N) is 2. The molecule has 1 aliphatic carbocycles. The molecule has 0 spiro atoms. The Hall–Kier alpha value is -2.38. The Labute approximate surface area is 149 Å². The van der Waals surface area contributed by atoms with Gasteiger partial charge in [0.05, 0.1) is 0 Å². The lowest BCUT2D eigenvalue weighted by atomic mass is 9.96. The highest BCUT2D eigenvalue weighted by Crippen LogP contribution is 2.30. The number of alkyl halides is 3. The molecule has 0 atom stereocenters. The molecule has 0 unspecified atom stereocenters. The molecule has 26 heavy (non-hydrogen) atoms. The summed E-state index contributed by atoms with van der Waals surface area (Å²) in [6, 6.07) is 6.71. The van der Waals surface area contributed by atoms with E-state index in [0.29, 0.717) is 0 Å². The fraction of sp³-hybridized carbons (Fsp3) is 0.444. The standard InChI is InChI=1S/C18H20F4N4/c19-13-8-6-12(7-9-13)11-23-16-10-15(18(20,21)22)25-17(26-16)24-14-4-2-1-3-5-14/h6-10,14H,1-5,11H2,(H2,23,24,25,26). The Bertz CT molecular complexity index is 725. The minimum Gasteiger partial charge on any atom is -0.366 e. The van der Waals surface area contributed by atoms with Crippen LogP contribution in [0.15, 0.2) is 30.3 Å². The summed E-state index contributed by atoms with van der Waals surface area (Å²) in [7, 11) is 0. The van der Waals surface area contributed by atoms with Crippen molar-refractivity contribution < 1.29 is 17.6 Å². The first kappa shape index (κ1) is 18.4. The fourth-order valence-corrected chi connectivity index (χ4v) is 2.97. The third-order valence-electron chi connectivity index (χ3n) is 4.34. The minimum absolute atomic E-state index is 0.0201. The smallest absolute Gasteiger partial charge is 0.366 e. The van der Waals surface area contributed by atoms with Crippen molar-refractivity contribution in [3.63, 3.8) is 0 Å². The molecule has 4 nitrogen and oxygen atoms in total. The summed E-state index contributed by atoms with van der Waals surface area (Å²) >= 11 is 0. The molecule has 140 valence electrons. The number of rotatable bonds is 5. The molecule has 0 saturated heterocycles. The molecule has 2 N–H and O–H groups in total. The predicted octanol–water partition coefficient (Wildman–Crippen LogP) is 4.99. The van der Waals surface area contributed by atoms with E-state index in [-0.39, 0.29) is 30.2 Å². The second-order valence-electron chi connectivity index (χ2n) is 6.42. The highest BCUT2D eigenvalue weighted by Gasteiger charge is 2.34. The van der Waals surface area contributed by atoms with Gasteiger partial charge in [0.1, 0.15) is 11.6 Å². The molecule has 2 aromatic rings. The van der Waals surface area contributed by atoms with Gasteiger partial charge >= 0.3 is 6.18 Å². The number of nitrogens with zero attached hydrogens (tertiary/aromatic N) is 2. The van der Waals surface area contributed by atoms with E-state index >= 15 is 0 Å². The molecule has 1 aliphatic rings. The number of hydrogen-bond acceptors (Lipinski definition) is 4. The molecule has 1 fully saturated rings. The largest absolute Gasteiger partial charge is 0.433 e. The van der Waals surface area contributed by atoms with Gasteiger partial charge in [-0.15, -0.1) is 0 Å². The molecule has 0 bridgehead atoms. The lowest BCUT2D eigenvalue weighted by Crippen LogP contribution is -2.24. The monoisotopic (exact) mass is 368 g/mol. The Balaban J connectivity index is 1.76. The first-order chi connectivity index (χ1) is 12.4. The lowest BCUT2D eigenvalue weighted by Gasteiger charge is -2.23. The predicted molar refractivity (Wildman–Crippen MR) is 91.3 cm³/mol. The first-order valence-electron chi connectivity index (χ1n) is 8.61. The SMILES string of the molecule is Fc1ccc(CNc2cc(C(F)(F)F)nc(NC3CCCCC3)n2)cc1. The topological polar surface area (TPSA) is 49.8 Å². The van der Waals surface area contributed by atoms with Crippen molar-refractivity contribution in [1.29, 1.82) is 0 Å². The zero-order chi connectivity index (χ0) is 18.6. The third kappa shape index (κ3) is 5.06. The Kier molecular flexibility index (Phi) is 5.58. The van der Waals surface area contributed by atoms with Crippen LogP contribution in [0, 0.1) is 5.82 Å². The number of halogens is 4. The van der Waals surface area contributed by atoms with E-state index in [1.54, 1.807) is 12.1 Å². The summed E-state index contributed by atoms with van der Waals surface area (Å²) in [4.78, 5) is 7.79. The molecule has 0 aliphatic heterocycles. The van der Waals surface area contributed by atoms with Crippen molar-refractivity contribution in [2.24, 2.45) is 0 Å². The summed E-state index contributed by atoms with van der Waals surface area (Å²) in [5, 5.41) is 5.88. The van der Waals surface area contributed by atoms with Crippen LogP contribution in [0.1, 0.15) is 43.4 Å². The van der Waals surface area contributed by atoms with Gasteiger partial charge in [-0.2, -0.15) is 18.2 Å². The van der Waals surface area contributed by atoms with Gasteiger partial charge in [0.25, 0.3) is 0 Å². The molecule has 3 rings (SSSR count). The Morgan fingerprint density at radius 2 is 1.69 bits per heavy atom. The van der Waals surface area contributed by atoms with Crippen molar-refractivity contribution in [2.75, 3.05) is 10.6 Å². The van der Waals surface area contributed by atoms with E-state index in [0.717, 1.165) is 43.7 Å². The van der Waals surface area contributed by atoms with Gasteiger partial charge in [-0.05, 0) is 30.5 Å². The van der Waals surface area contributed by atoms with Crippen molar-refractivity contribution >= 4 is 11.8 Å². The quantitative estimate of drug-likeness (QED) is 0.730. The third-order valence-corrected chi connectivity index (χ3v) is 4.34. The van der Waals surface area contributed by atoms with Gasteiger partial charge in [-0.25, -0.2) is 9.37 Å². The van der Waals surface area contributed by atoms with E-state index in [1.165, 1.54) is 12.1 Å². The van der Waals surface area contributed by atoms with E-state index in [1.807, 2.05) is 0 Å². The van der Waals surface area contributed by atoms with Crippen LogP contribution in [0.5, 0.6) is 0 Å². The molecule has 0 radical (unpaired) electrons. The van der Waals surface area contributed by atoms with Crippen LogP contribution < -0.4 is 10.6 Å². The van der Waals surface area contributed by atoms with Crippen molar-refractivity contribution in [2.45, 2.75) is 50.9 Å². The molecule has 1 heterocycles. The average molecular weight is 368 g/mol. The molecular weight excluding hydrogens is 348 g/mol. The second kappa shape index (κ2) is 7.88. The first-order valence-corrected chi connectivity index (χ1v) is 8.61. The van der Waals surface area contributed by atoms with Crippen molar-refractivity contribution in [1.82, 2.24) is 9.97 Å². The molecule has 0 amide bonds. The average Bonchev–Trinajstić information content (AvgIpc) is 2.61. The highest BCUT2D eigenvalue weighted by molar-refractivity contribution is 5.44. The van der Waals surface area contributed by atoms with Crippen molar-refractivity contribution in [3.05, 3.63) is 47.4 Å². The Morgan fingerprint density at radius 3 is 2.35 bits per heavy atom. The fourth-order valence-electron chi connectivity index (χ4n) is 2.97. The van der Waals surface area contributed by atoms with E-state index < -0.39 is 11.9 Å². The van der Waals surface area contributed by atoms with Crippen LogP contribution in [0.25, 0.3) is 0 Å². The van der Waals surface area contributed by atoms with Crippen LogP contribution >= 0.6 is 0 Å². The summed E-state index contributed by atoms with van der Waals surface area (Å²) in [5.41, 5.74) is -0.257. The Morgan fingerprint density at radius 1 is 1.00 bits per heavy atom. The minimum atomic E-state index is -4.56. The van der Waals surface area contributed by atoms with Crippen LogP contribution in [0.2, 0.25) is 0 Å². The maximum absolute atomic E-state index is 13.1. The summed E-state index contributed by atoms with van der Waals surface area (Å²) in [5.74, 6) is -0.308. The molecule has 8 heteroatoms. The summed E-state index contributed by atoms with van der Waals surface area (Å²) in [6.07, 6.45) is 0.485. The maximum atomic E-state index is 13.1. The number of hydrogen-bond donors (Lipinski definition) is 2. The lowest BCUT2D eigenvalue weighted by molar-refractivity contribution is -0.141. The van der Waals surface area contributed by atoms with Gasteiger partial charge < -0.3 is 10.6 Å². The van der Waals surface area contributed by atoms with E-state index in [9.17, 15) is 17.6 Å². The molecular formula is C18H20F4N4. The summed E-state index contributed by atoms with van der Waals surface area (Å²) in [6.45, 7) is 0.234. The second-order valence-corrected chi connectivity index (χ2v) is 6.42. The molecule has 1 saturated carbocycles. The van der Waals surface area contributed by atoms with Gasteiger partial charge in [-0.1, -0.05) is 31.4 Å². The van der Waals surface area contributed by atoms with Gasteiger partial charge in [0.2, 0.25) is 5.95 Å². The van der Waals surface area contributed by atoms with E-state index in [2.05, 4.69) is 20.6 Å².